The zero-order valence-electron chi connectivity index (χ0n) is 11.8. The fourth-order valence-corrected chi connectivity index (χ4v) is 9.07. The molecule has 1 unspecified atom stereocenters. The number of hydrogen-bond donors (Lipinski definition) is 1. The van der Waals surface area contributed by atoms with Gasteiger partial charge in [0.1, 0.15) is 0 Å². The molecule has 2 nitrogen and oxygen atoms in total. The van der Waals surface area contributed by atoms with Gasteiger partial charge >= 0.3 is 142 Å². The Hall–Kier alpha value is 0.960. The molecule has 0 aromatic carbocycles. The minimum absolute atomic E-state index is 0.610. The molecule has 0 amide bonds. The van der Waals surface area contributed by atoms with Crippen molar-refractivity contribution in [1.82, 2.24) is 1.33 Å². The van der Waals surface area contributed by atoms with E-state index in [1.54, 1.807) is 0 Å². The number of rotatable bonds is 8. The van der Waals surface area contributed by atoms with Gasteiger partial charge in [0.25, 0.3) is 0 Å². The van der Waals surface area contributed by atoms with E-state index in [0.29, 0.717) is 21.7 Å². The van der Waals surface area contributed by atoms with Gasteiger partial charge in [-0.2, -0.15) is 0 Å². The molecule has 1 N–H and O–H groups in total. The van der Waals surface area contributed by atoms with Crippen LogP contribution >= 0.6 is 0 Å². The van der Waals surface area contributed by atoms with Crippen molar-refractivity contribution in [1.29, 1.82) is 0 Å². The van der Waals surface area contributed by atoms with Gasteiger partial charge in [-0.05, 0) is 0 Å². The molecule has 0 aliphatic rings. The predicted octanol–water partition coefficient (Wildman–Crippen LogP) is -2.64. The molecule has 0 bridgehead atoms. The molecule has 0 spiro atoms. The third-order valence-corrected chi connectivity index (χ3v) is 12.1. The minimum atomic E-state index is -5.74. The molecule has 0 fully saturated rings. The van der Waals surface area contributed by atoms with Crippen LogP contribution in [0.2, 0.25) is 0 Å². The second-order valence-electron chi connectivity index (χ2n) is 4.31. The Morgan fingerprint density at radius 3 is 1.48 bits per heavy atom. The summed E-state index contributed by atoms with van der Waals surface area (Å²) in [5.41, 5.74) is -4.67. The summed E-state index contributed by atoms with van der Waals surface area (Å²) in [5.74, 6) is 0. The molecule has 0 aromatic heterocycles. The molecule has 0 heterocycles. The van der Waals surface area contributed by atoms with E-state index >= 15 is 0 Å². The Morgan fingerprint density at radius 1 is 0.905 bits per heavy atom. The number of alkyl halides is 8. The van der Waals surface area contributed by atoms with E-state index in [-0.39, 0.29) is 0 Å². The summed E-state index contributed by atoms with van der Waals surface area (Å²) in [6.07, 6.45) is -10.1. The quantitative estimate of drug-likeness (QED) is 0.155. The molecule has 0 aliphatic carbocycles. The molecule has 0 saturated heterocycles. The second-order valence-corrected chi connectivity index (χ2v) is 11.8. The number of halogens is 8. The Bertz CT molecular complexity index is 288. The molecule has 1 atom stereocenters. The average molecular weight is 549 g/mol. The van der Waals surface area contributed by atoms with Crippen LogP contribution in [0.1, 0.15) is 33.6 Å². The van der Waals surface area contributed by atoms with E-state index in [4.69, 9.17) is 0 Å². The molecule has 0 rings (SSSR count). The van der Waals surface area contributed by atoms with Crippen LogP contribution in [-0.4, -0.2) is 39.3 Å². The summed E-state index contributed by atoms with van der Waals surface area (Å²) < 4.78 is 79.8. The zero-order chi connectivity index (χ0) is 16.9. The van der Waals surface area contributed by atoms with Gasteiger partial charge in [-0.1, -0.05) is 0 Å². The Kier molecular flexibility index (Phi) is 9.11. The van der Waals surface area contributed by atoms with Crippen LogP contribution < -0.4 is 43.0 Å². The van der Waals surface area contributed by atoms with Gasteiger partial charge in [0.2, 0.25) is 0 Å². The summed E-state index contributed by atoms with van der Waals surface area (Å²) in [6, 6.07) is -1.99. The van der Waals surface area contributed by atoms with Crippen molar-refractivity contribution in [2.75, 3.05) is 8.86 Å². The first kappa shape index (κ1) is 22.0. The summed E-state index contributed by atoms with van der Waals surface area (Å²) in [6.45, 7) is 4.51. The standard InChI is InChI=1S/C11H19F6I2NO/c1-4-6-18-20(19-7-5-2)8(3)9(21,10(12,13)14)11(15,16)17/h8,21H,4-7H2,1-3H3/q-2. The maximum atomic E-state index is 12.9. The van der Waals surface area contributed by atoms with Gasteiger partial charge in [0.15, 0.2) is 0 Å². The van der Waals surface area contributed by atoms with Crippen LogP contribution in [0.5, 0.6) is 0 Å². The first-order chi connectivity index (χ1) is 9.43. The molecule has 10 heteroatoms. The van der Waals surface area contributed by atoms with Crippen molar-refractivity contribution in [3.8, 4) is 0 Å². The van der Waals surface area contributed by atoms with E-state index in [1.807, 2.05) is 13.8 Å². The molecule has 132 valence electrons. The second kappa shape index (κ2) is 8.71. The predicted molar refractivity (Wildman–Crippen MR) is 58.7 cm³/mol. The van der Waals surface area contributed by atoms with Crippen molar-refractivity contribution >= 4 is 0 Å². The number of nitrogens with zero attached hydrogens (tertiary/aromatic N) is 1. The monoisotopic (exact) mass is 549 g/mol. The van der Waals surface area contributed by atoms with Gasteiger partial charge in [-0.25, -0.2) is 0 Å². The van der Waals surface area contributed by atoms with Crippen molar-refractivity contribution in [2.24, 2.45) is 0 Å². The first-order valence-electron chi connectivity index (χ1n) is 6.27. The van der Waals surface area contributed by atoms with Crippen molar-refractivity contribution < 1.29 is 74.4 Å². The van der Waals surface area contributed by atoms with Crippen LogP contribution in [0.25, 0.3) is 0 Å². The topological polar surface area (TPSA) is 23.5 Å². The fraction of sp³-hybridized carbons (Fsp3) is 1.00. The van der Waals surface area contributed by atoms with Gasteiger partial charge in [0.05, 0.1) is 0 Å². The normalized spacial score (nSPS) is 16.0. The van der Waals surface area contributed by atoms with E-state index in [9.17, 15) is 31.4 Å². The van der Waals surface area contributed by atoms with Crippen LogP contribution in [0, 0.1) is 0 Å². The number of hydrogen-bond acceptors (Lipinski definition) is 2. The van der Waals surface area contributed by atoms with Crippen molar-refractivity contribution in [2.45, 2.75) is 57.6 Å². The summed E-state index contributed by atoms with van der Waals surface area (Å²) in [7, 11) is 0. The summed E-state index contributed by atoms with van der Waals surface area (Å²) in [4.78, 5) is 0. The number of aliphatic hydroxyl groups is 1. The Labute approximate surface area is 141 Å². The van der Waals surface area contributed by atoms with Crippen molar-refractivity contribution in [3.63, 3.8) is 0 Å². The van der Waals surface area contributed by atoms with E-state index in [2.05, 4.69) is 0 Å². The van der Waals surface area contributed by atoms with E-state index in [1.165, 1.54) is 1.33 Å². The Balaban J connectivity index is 5.44. The van der Waals surface area contributed by atoms with Gasteiger partial charge in [-0.15, -0.1) is 0 Å². The third kappa shape index (κ3) is 5.52. The maximum absolute atomic E-state index is 12.9. The van der Waals surface area contributed by atoms with Gasteiger partial charge in [0, 0.05) is 0 Å². The third-order valence-electron chi connectivity index (χ3n) is 2.54. The van der Waals surface area contributed by atoms with Crippen molar-refractivity contribution in [3.05, 3.63) is 0 Å². The van der Waals surface area contributed by atoms with Crippen LogP contribution in [0.15, 0.2) is 0 Å². The SMILES string of the molecule is CCC[I-]N([I-]CCC)C(C)C(O)(C(F)(F)F)C(F)(F)F. The zero-order valence-corrected chi connectivity index (χ0v) is 16.1. The molecular formula is C11H19F6I2NO-2. The molecule has 21 heavy (non-hydrogen) atoms. The van der Waals surface area contributed by atoms with E-state index in [0.717, 1.165) is 6.92 Å². The van der Waals surface area contributed by atoms with Crippen LogP contribution in [-0.2, 0) is 0 Å². The molecular weight excluding hydrogens is 530 g/mol. The van der Waals surface area contributed by atoms with Gasteiger partial charge in [-0.3, -0.25) is 0 Å². The van der Waals surface area contributed by atoms with Crippen LogP contribution in [0.3, 0.4) is 0 Å². The molecule has 0 aliphatic heterocycles. The van der Waals surface area contributed by atoms with Crippen LogP contribution in [0.4, 0.5) is 26.3 Å². The average Bonchev–Trinajstić information content (AvgIpc) is 2.34. The summed E-state index contributed by atoms with van der Waals surface area (Å²) in [5, 5.41) is 9.47. The molecule has 0 saturated carbocycles. The van der Waals surface area contributed by atoms with Gasteiger partial charge < -0.3 is 0 Å². The molecule has 0 radical (unpaired) electrons. The van der Waals surface area contributed by atoms with E-state index < -0.39 is 67.0 Å². The Morgan fingerprint density at radius 2 is 1.24 bits per heavy atom. The fourth-order valence-electron chi connectivity index (χ4n) is 1.35. The molecule has 0 aromatic rings. The summed E-state index contributed by atoms with van der Waals surface area (Å²) >= 11 is -1.87. The first-order valence-corrected chi connectivity index (χ1v) is 11.2.